The van der Waals surface area contributed by atoms with Crippen molar-refractivity contribution in [3.05, 3.63) is 91.0 Å². The van der Waals surface area contributed by atoms with E-state index in [1.807, 2.05) is 12.1 Å². The highest BCUT2D eigenvalue weighted by Crippen LogP contribution is 2.48. The topological polar surface area (TPSA) is 28.4 Å². The number of anilines is 5. The first-order chi connectivity index (χ1) is 13.4. The van der Waals surface area contributed by atoms with Crippen molar-refractivity contribution in [3.63, 3.8) is 0 Å². The van der Waals surface area contributed by atoms with Gasteiger partial charge in [0.15, 0.2) is 0 Å². The molecule has 1 aliphatic rings. The van der Waals surface area contributed by atoms with Crippen molar-refractivity contribution >= 4 is 50.4 Å². The molecule has 0 atom stereocenters. The van der Waals surface area contributed by atoms with Crippen LogP contribution in [-0.2, 0) is 0 Å². The molecule has 3 nitrogen and oxygen atoms in total. The van der Waals surface area contributed by atoms with Crippen molar-refractivity contribution in [3.8, 4) is 0 Å². The number of rotatable bonds is 1. The van der Waals surface area contributed by atoms with E-state index >= 15 is 0 Å². The molecular weight excluding hydrogens is 332 g/mol. The molecule has 1 aliphatic heterocycles. The average Bonchev–Trinajstić information content (AvgIpc) is 3.10. The van der Waals surface area contributed by atoms with Crippen molar-refractivity contribution in [2.45, 2.75) is 0 Å². The quantitative estimate of drug-likeness (QED) is 0.343. The summed E-state index contributed by atoms with van der Waals surface area (Å²) in [5.74, 6) is 0. The minimum absolute atomic E-state index is 0.914. The Bertz CT molecular complexity index is 1270. The van der Waals surface area contributed by atoms with Crippen LogP contribution in [0.15, 0.2) is 95.4 Å². The van der Waals surface area contributed by atoms with Gasteiger partial charge in [-0.15, -0.1) is 0 Å². The first-order valence-corrected chi connectivity index (χ1v) is 9.05. The number of nitrogens with zero attached hydrogens (tertiary/aromatic N) is 1. The molecule has 4 aromatic carbocycles. The van der Waals surface area contributed by atoms with Gasteiger partial charge in [0.1, 0.15) is 11.2 Å². The maximum atomic E-state index is 6.00. The van der Waals surface area contributed by atoms with E-state index in [-0.39, 0.29) is 0 Å². The fraction of sp³-hybridized carbons (Fsp3) is 0. The van der Waals surface area contributed by atoms with E-state index in [9.17, 15) is 0 Å². The van der Waals surface area contributed by atoms with Gasteiger partial charge >= 0.3 is 0 Å². The molecule has 1 aromatic heterocycles. The van der Waals surface area contributed by atoms with Crippen LogP contribution in [0.3, 0.4) is 0 Å². The summed E-state index contributed by atoms with van der Waals surface area (Å²) in [4.78, 5) is 2.31. The Morgan fingerprint density at radius 3 is 2.00 bits per heavy atom. The van der Waals surface area contributed by atoms with Gasteiger partial charge in [0, 0.05) is 16.5 Å². The molecule has 128 valence electrons. The third-order valence-electron chi connectivity index (χ3n) is 5.18. The second-order valence-electron chi connectivity index (χ2n) is 6.77. The van der Waals surface area contributed by atoms with Crippen LogP contribution in [0.1, 0.15) is 0 Å². The molecule has 0 amide bonds. The van der Waals surface area contributed by atoms with E-state index in [0.29, 0.717) is 0 Å². The van der Waals surface area contributed by atoms with Crippen molar-refractivity contribution < 1.29 is 4.42 Å². The Balaban J connectivity index is 1.63. The lowest BCUT2D eigenvalue weighted by atomic mass is 10.1. The molecule has 0 saturated carbocycles. The molecule has 0 radical (unpaired) electrons. The molecular formula is C24H16N2O. The third kappa shape index (κ3) is 2.09. The number of hydrogen-bond acceptors (Lipinski definition) is 3. The summed E-state index contributed by atoms with van der Waals surface area (Å²) in [5.41, 5.74) is 7.45. The van der Waals surface area contributed by atoms with Gasteiger partial charge in [0.25, 0.3) is 0 Å². The van der Waals surface area contributed by atoms with Crippen LogP contribution >= 0.6 is 0 Å². The number of furan rings is 1. The predicted molar refractivity (Wildman–Crippen MR) is 112 cm³/mol. The van der Waals surface area contributed by atoms with E-state index in [4.69, 9.17) is 4.42 Å². The molecule has 0 spiro atoms. The van der Waals surface area contributed by atoms with Crippen LogP contribution in [0.4, 0.5) is 28.4 Å². The van der Waals surface area contributed by atoms with Gasteiger partial charge in [-0.1, -0.05) is 42.5 Å². The van der Waals surface area contributed by atoms with Crippen molar-refractivity contribution in [1.29, 1.82) is 0 Å². The Kier molecular flexibility index (Phi) is 2.88. The number of benzene rings is 4. The van der Waals surface area contributed by atoms with Crippen LogP contribution in [0.25, 0.3) is 21.9 Å². The normalized spacial score (nSPS) is 12.7. The van der Waals surface area contributed by atoms with Crippen LogP contribution in [-0.4, -0.2) is 0 Å². The molecule has 0 bridgehead atoms. The molecule has 6 rings (SSSR count). The monoisotopic (exact) mass is 348 g/mol. The number of nitrogens with one attached hydrogen (secondary N) is 1. The van der Waals surface area contributed by atoms with Crippen LogP contribution in [0.2, 0.25) is 0 Å². The summed E-state index contributed by atoms with van der Waals surface area (Å²) in [6.07, 6.45) is 0. The fourth-order valence-electron chi connectivity index (χ4n) is 3.95. The minimum Gasteiger partial charge on any atom is -0.456 e. The molecule has 3 heteroatoms. The molecule has 0 fully saturated rings. The summed E-state index contributed by atoms with van der Waals surface area (Å²) in [6.45, 7) is 0. The van der Waals surface area contributed by atoms with E-state index in [1.165, 1.54) is 0 Å². The fourth-order valence-corrected chi connectivity index (χ4v) is 3.95. The third-order valence-corrected chi connectivity index (χ3v) is 5.18. The second-order valence-corrected chi connectivity index (χ2v) is 6.77. The Labute approximate surface area is 156 Å². The molecule has 27 heavy (non-hydrogen) atoms. The Morgan fingerprint density at radius 1 is 0.593 bits per heavy atom. The second kappa shape index (κ2) is 5.39. The lowest BCUT2D eigenvalue weighted by Crippen LogP contribution is -2.17. The maximum Gasteiger partial charge on any atom is 0.135 e. The molecule has 2 heterocycles. The molecule has 0 aliphatic carbocycles. The van der Waals surface area contributed by atoms with Gasteiger partial charge in [0.05, 0.1) is 22.7 Å². The van der Waals surface area contributed by atoms with Crippen LogP contribution in [0, 0.1) is 0 Å². The standard InChI is InChI=1S/C24H16N2O/c1-6-12-23-17(7-1)18-15-16(13-14-24(18)27-23)26-21-10-4-2-8-19(21)25-20-9-3-5-11-22(20)26/h1-15,25H. The van der Waals surface area contributed by atoms with E-state index in [0.717, 1.165) is 50.4 Å². The first-order valence-electron chi connectivity index (χ1n) is 9.05. The minimum atomic E-state index is 0.914. The average molecular weight is 348 g/mol. The van der Waals surface area contributed by atoms with Gasteiger partial charge < -0.3 is 14.6 Å². The van der Waals surface area contributed by atoms with E-state index in [1.54, 1.807) is 0 Å². The lowest BCUT2D eigenvalue weighted by Gasteiger charge is -2.33. The molecule has 5 aromatic rings. The zero-order chi connectivity index (χ0) is 17.8. The van der Waals surface area contributed by atoms with Crippen molar-refractivity contribution in [2.75, 3.05) is 10.2 Å². The number of fused-ring (bicyclic) bond motifs is 5. The Hall–Kier alpha value is -3.72. The van der Waals surface area contributed by atoms with Gasteiger partial charge in [-0.3, -0.25) is 0 Å². The highest BCUT2D eigenvalue weighted by atomic mass is 16.3. The largest absolute Gasteiger partial charge is 0.456 e. The van der Waals surface area contributed by atoms with Gasteiger partial charge in [-0.2, -0.15) is 0 Å². The smallest absolute Gasteiger partial charge is 0.135 e. The SMILES string of the molecule is c1ccc2c(c1)Nc1ccccc1N2c1ccc2oc3ccccc3c2c1. The lowest BCUT2D eigenvalue weighted by molar-refractivity contribution is 0.669. The summed E-state index contributed by atoms with van der Waals surface area (Å²) in [6, 6.07) is 31.4. The van der Waals surface area contributed by atoms with Crippen molar-refractivity contribution in [1.82, 2.24) is 0 Å². The number of hydrogen-bond donors (Lipinski definition) is 1. The summed E-state index contributed by atoms with van der Waals surface area (Å²) < 4.78 is 6.00. The van der Waals surface area contributed by atoms with E-state index < -0.39 is 0 Å². The summed E-state index contributed by atoms with van der Waals surface area (Å²) in [5, 5.41) is 5.82. The van der Waals surface area contributed by atoms with Gasteiger partial charge in [-0.05, 0) is 48.5 Å². The molecule has 1 N–H and O–H groups in total. The maximum absolute atomic E-state index is 6.00. The first kappa shape index (κ1) is 14.4. The van der Waals surface area contributed by atoms with Crippen molar-refractivity contribution in [2.24, 2.45) is 0 Å². The van der Waals surface area contributed by atoms with Gasteiger partial charge in [-0.25, -0.2) is 0 Å². The Morgan fingerprint density at radius 2 is 1.22 bits per heavy atom. The van der Waals surface area contributed by atoms with Crippen LogP contribution < -0.4 is 10.2 Å². The zero-order valence-electron chi connectivity index (χ0n) is 14.5. The highest BCUT2D eigenvalue weighted by molar-refractivity contribution is 6.07. The summed E-state index contributed by atoms with van der Waals surface area (Å²) in [7, 11) is 0. The predicted octanol–water partition coefficient (Wildman–Crippen LogP) is 7.11. The van der Waals surface area contributed by atoms with Gasteiger partial charge in [0.2, 0.25) is 0 Å². The highest BCUT2D eigenvalue weighted by Gasteiger charge is 2.23. The summed E-state index contributed by atoms with van der Waals surface area (Å²) >= 11 is 0. The molecule has 0 saturated heterocycles. The molecule has 0 unspecified atom stereocenters. The van der Waals surface area contributed by atoms with E-state index in [2.05, 4.69) is 89.1 Å². The zero-order valence-corrected chi connectivity index (χ0v) is 14.5. The van der Waals surface area contributed by atoms with Crippen LogP contribution in [0.5, 0.6) is 0 Å². The number of para-hydroxylation sites is 5.